The van der Waals surface area contributed by atoms with E-state index in [1.165, 1.54) is 4.68 Å². The van der Waals surface area contributed by atoms with Gasteiger partial charge in [0.25, 0.3) is 5.91 Å². The lowest BCUT2D eigenvalue weighted by molar-refractivity contribution is -0.135. The molecule has 2 aromatic rings. The van der Waals surface area contributed by atoms with Crippen molar-refractivity contribution < 1.29 is 19.4 Å². The van der Waals surface area contributed by atoms with Crippen LogP contribution in [0.2, 0.25) is 0 Å². The molecule has 2 N–H and O–H groups in total. The van der Waals surface area contributed by atoms with Crippen LogP contribution in [0.3, 0.4) is 0 Å². The normalized spacial score (nSPS) is 10.2. The van der Waals surface area contributed by atoms with E-state index in [0.29, 0.717) is 12.4 Å². The van der Waals surface area contributed by atoms with E-state index in [9.17, 15) is 9.59 Å². The summed E-state index contributed by atoms with van der Waals surface area (Å²) in [7, 11) is 0. The molecule has 22 heavy (non-hydrogen) atoms. The number of aromatic nitrogens is 2. The highest BCUT2D eigenvalue weighted by Crippen LogP contribution is 2.20. The Morgan fingerprint density at radius 1 is 1.32 bits per heavy atom. The van der Waals surface area contributed by atoms with Crippen molar-refractivity contribution >= 4 is 11.9 Å². The number of carbonyl (C=O) groups excluding carboxylic acids is 1. The Morgan fingerprint density at radius 3 is 2.68 bits per heavy atom. The van der Waals surface area contributed by atoms with Crippen LogP contribution < -0.4 is 10.1 Å². The lowest BCUT2D eigenvalue weighted by Gasteiger charge is -2.04. The summed E-state index contributed by atoms with van der Waals surface area (Å²) >= 11 is 0. The number of aliphatic carboxylic acids is 1. The largest absolute Gasteiger partial charge is 0.489 e. The van der Waals surface area contributed by atoms with Crippen molar-refractivity contribution in [3.8, 4) is 11.4 Å². The van der Waals surface area contributed by atoms with E-state index in [1.807, 2.05) is 37.3 Å². The van der Waals surface area contributed by atoms with Crippen LogP contribution in [0.15, 0.2) is 36.5 Å². The van der Waals surface area contributed by atoms with Gasteiger partial charge in [0.15, 0.2) is 11.4 Å². The topological polar surface area (TPSA) is 93.5 Å². The predicted octanol–water partition coefficient (Wildman–Crippen LogP) is 1.48. The fraction of sp³-hybridized carbons (Fsp3) is 0.267. The molecule has 1 heterocycles. The number of para-hydroxylation sites is 1. The van der Waals surface area contributed by atoms with Crippen LogP contribution in [0, 0.1) is 0 Å². The quantitative estimate of drug-likeness (QED) is 0.808. The summed E-state index contributed by atoms with van der Waals surface area (Å²) in [5, 5.41) is 15.1. The van der Waals surface area contributed by atoms with Crippen molar-refractivity contribution in [1.29, 1.82) is 0 Å². The molecule has 0 unspecified atom stereocenters. The third-order valence-electron chi connectivity index (χ3n) is 2.78. The summed E-state index contributed by atoms with van der Waals surface area (Å²) < 4.78 is 7.05. The molecule has 0 fully saturated rings. The van der Waals surface area contributed by atoms with Gasteiger partial charge in [-0.05, 0) is 18.6 Å². The molecule has 0 bridgehead atoms. The SMILES string of the molecule is CCCOc1cn(-c2ccccc2)nc1C(=O)NCC(=O)O. The van der Waals surface area contributed by atoms with E-state index in [2.05, 4.69) is 10.4 Å². The standard InChI is InChI=1S/C15H17N3O4/c1-2-8-22-12-10-18(11-6-4-3-5-7-11)17-14(12)15(21)16-9-13(19)20/h3-7,10H,2,8-9H2,1H3,(H,16,21)(H,19,20). The first-order valence-electron chi connectivity index (χ1n) is 6.89. The maximum Gasteiger partial charge on any atom is 0.322 e. The van der Waals surface area contributed by atoms with E-state index >= 15 is 0 Å². The summed E-state index contributed by atoms with van der Waals surface area (Å²) in [5.74, 6) is -1.37. The minimum absolute atomic E-state index is 0.0681. The number of benzene rings is 1. The second kappa shape index (κ2) is 7.26. The number of hydrogen-bond donors (Lipinski definition) is 2. The lowest BCUT2D eigenvalue weighted by Crippen LogP contribution is -2.30. The van der Waals surface area contributed by atoms with Gasteiger partial charge in [0.2, 0.25) is 0 Å². The molecule has 1 aromatic carbocycles. The average Bonchev–Trinajstić information content (AvgIpc) is 2.95. The second-order valence-electron chi connectivity index (χ2n) is 4.55. The molecule has 0 spiro atoms. The van der Waals surface area contributed by atoms with Crippen molar-refractivity contribution in [3.05, 3.63) is 42.2 Å². The molecule has 2 rings (SSSR count). The van der Waals surface area contributed by atoms with E-state index in [4.69, 9.17) is 9.84 Å². The Hall–Kier alpha value is -2.83. The number of carboxylic acid groups (broad SMARTS) is 1. The molecule has 0 aliphatic carbocycles. The summed E-state index contributed by atoms with van der Waals surface area (Å²) in [6.45, 7) is 1.93. The lowest BCUT2D eigenvalue weighted by atomic mass is 10.3. The molecule has 116 valence electrons. The predicted molar refractivity (Wildman–Crippen MR) is 79.3 cm³/mol. The molecule has 0 atom stereocenters. The molecule has 0 saturated heterocycles. The molecule has 7 heteroatoms. The van der Waals surface area contributed by atoms with Gasteiger partial charge in [-0.2, -0.15) is 5.10 Å². The Balaban J connectivity index is 2.27. The average molecular weight is 303 g/mol. The first kappa shape index (κ1) is 15.6. The number of carboxylic acids is 1. The van der Waals surface area contributed by atoms with Crippen molar-refractivity contribution in [1.82, 2.24) is 15.1 Å². The van der Waals surface area contributed by atoms with Crippen LogP contribution >= 0.6 is 0 Å². The zero-order valence-corrected chi connectivity index (χ0v) is 12.2. The van der Waals surface area contributed by atoms with E-state index in [-0.39, 0.29) is 5.69 Å². The van der Waals surface area contributed by atoms with Crippen LogP contribution in [-0.2, 0) is 4.79 Å². The van der Waals surface area contributed by atoms with Crippen molar-refractivity contribution in [3.63, 3.8) is 0 Å². The zero-order chi connectivity index (χ0) is 15.9. The smallest absolute Gasteiger partial charge is 0.322 e. The molecule has 7 nitrogen and oxygen atoms in total. The van der Waals surface area contributed by atoms with Crippen LogP contribution in [-0.4, -0.2) is 39.9 Å². The van der Waals surface area contributed by atoms with Crippen LogP contribution in [0.1, 0.15) is 23.8 Å². The van der Waals surface area contributed by atoms with Crippen LogP contribution in [0.5, 0.6) is 5.75 Å². The molecule has 0 aliphatic heterocycles. The monoisotopic (exact) mass is 303 g/mol. The molecule has 0 radical (unpaired) electrons. The van der Waals surface area contributed by atoms with Gasteiger partial charge in [0.05, 0.1) is 18.5 Å². The molecular weight excluding hydrogens is 286 g/mol. The minimum atomic E-state index is -1.12. The van der Waals surface area contributed by atoms with Gasteiger partial charge in [-0.15, -0.1) is 0 Å². The molecule has 1 amide bonds. The Labute approximate surface area is 127 Å². The second-order valence-corrected chi connectivity index (χ2v) is 4.55. The third kappa shape index (κ3) is 3.85. The zero-order valence-electron chi connectivity index (χ0n) is 12.2. The van der Waals surface area contributed by atoms with E-state index < -0.39 is 18.4 Å². The van der Waals surface area contributed by atoms with Gasteiger partial charge in [-0.3, -0.25) is 9.59 Å². The number of nitrogens with one attached hydrogen (secondary N) is 1. The number of amides is 1. The fourth-order valence-electron chi connectivity index (χ4n) is 1.79. The van der Waals surface area contributed by atoms with Crippen LogP contribution in [0.4, 0.5) is 0 Å². The number of nitrogens with zero attached hydrogens (tertiary/aromatic N) is 2. The highest BCUT2D eigenvalue weighted by Gasteiger charge is 2.19. The fourth-order valence-corrected chi connectivity index (χ4v) is 1.79. The first-order chi connectivity index (χ1) is 10.6. The van der Waals surface area contributed by atoms with Gasteiger partial charge in [-0.1, -0.05) is 25.1 Å². The van der Waals surface area contributed by atoms with Gasteiger partial charge in [0, 0.05) is 0 Å². The molecule has 0 saturated carbocycles. The van der Waals surface area contributed by atoms with Crippen molar-refractivity contribution in [2.24, 2.45) is 0 Å². The molecule has 1 aromatic heterocycles. The van der Waals surface area contributed by atoms with Crippen LogP contribution in [0.25, 0.3) is 5.69 Å². The number of carbonyl (C=O) groups is 2. The third-order valence-corrected chi connectivity index (χ3v) is 2.78. The summed E-state index contributed by atoms with van der Waals surface area (Å²) in [6.07, 6.45) is 2.40. The maximum absolute atomic E-state index is 12.0. The Kier molecular flexibility index (Phi) is 5.13. The van der Waals surface area contributed by atoms with E-state index in [1.54, 1.807) is 6.20 Å². The first-order valence-corrected chi connectivity index (χ1v) is 6.89. The number of rotatable bonds is 7. The molecule has 0 aliphatic rings. The molecular formula is C15H17N3O4. The minimum Gasteiger partial charge on any atom is -0.489 e. The van der Waals surface area contributed by atoms with Crippen molar-refractivity contribution in [2.45, 2.75) is 13.3 Å². The maximum atomic E-state index is 12.0. The van der Waals surface area contributed by atoms with Gasteiger partial charge < -0.3 is 15.2 Å². The summed E-state index contributed by atoms with van der Waals surface area (Å²) in [5.41, 5.74) is 0.847. The summed E-state index contributed by atoms with van der Waals surface area (Å²) in [6, 6.07) is 9.27. The Morgan fingerprint density at radius 2 is 2.05 bits per heavy atom. The number of ether oxygens (including phenoxy) is 1. The van der Waals surface area contributed by atoms with Gasteiger partial charge in [0.1, 0.15) is 6.54 Å². The highest BCUT2D eigenvalue weighted by molar-refractivity contribution is 5.96. The number of hydrogen-bond acceptors (Lipinski definition) is 4. The van der Waals surface area contributed by atoms with Gasteiger partial charge >= 0.3 is 5.97 Å². The summed E-state index contributed by atoms with van der Waals surface area (Å²) in [4.78, 5) is 22.6. The van der Waals surface area contributed by atoms with Gasteiger partial charge in [-0.25, -0.2) is 4.68 Å². The van der Waals surface area contributed by atoms with E-state index in [0.717, 1.165) is 12.1 Å². The van der Waals surface area contributed by atoms with Crippen molar-refractivity contribution in [2.75, 3.05) is 13.2 Å². The highest BCUT2D eigenvalue weighted by atomic mass is 16.5. The Bertz CT molecular complexity index is 652.